The molecule has 0 aromatic heterocycles. The molecule has 0 saturated carbocycles. The minimum atomic E-state index is -1.22. The van der Waals surface area contributed by atoms with Crippen LogP contribution in [0.4, 0.5) is 4.79 Å². The zero-order chi connectivity index (χ0) is 6.69. The van der Waals surface area contributed by atoms with Crippen LogP contribution < -0.4 is 0 Å². The first kappa shape index (κ1) is 6.35. The molecular formula is C5H8O4. The van der Waals surface area contributed by atoms with Crippen molar-refractivity contribution >= 4 is 6.16 Å². The Hall–Kier alpha value is -0.770. The molecule has 1 aliphatic rings. The topological polar surface area (TPSA) is 55.8 Å². The number of hydrogen-bond donors (Lipinski definition) is 1. The molecule has 1 N–H and O–H groups in total. The SMILES string of the molecule is O=C(O)O[C@H]1CCOC1. The summed E-state index contributed by atoms with van der Waals surface area (Å²) >= 11 is 0. The Morgan fingerprint density at radius 1 is 1.78 bits per heavy atom. The largest absolute Gasteiger partial charge is 0.506 e. The van der Waals surface area contributed by atoms with Gasteiger partial charge in [0.25, 0.3) is 0 Å². The van der Waals surface area contributed by atoms with Crippen molar-refractivity contribution in [2.45, 2.75) is 12.5 Å². The zero-order valence-electron chi connectivity index (χ0n) is 4.87. The van der Waals surface area contributed by atoms with Crippen LogP contribution in [0.25, 0.3) is 0 Å². The van der Waals surface area contributed by atoms with Crippen LogP contribution in [-0.4, -0.2) is 30.6 Å². The Bertz CT molecular complexity index is 106. The monoisotopic (exact) mass is 132 g/mol. The number of rotatable bonds is 1. The molecule has 1 aliphatic heterocycles. The van der Waals surface area contributed by atoms with Crippen LogP contribution in [0.15, 0.2) is 0 Å². The normalized spacial score (nSPS) is 26.0. The molecule has 1 heterocycles. The van der Waals surface area contributed by atoms with Gasteiger partial charge in [0, 0.05) is 6.42 Å². The van der Waals surface area contributed by atoms with Crippen LogP contribution >= 0.6 is 0 Å². The number of ether oxygens (including phenoxy) is 2. The average Bonchev–Trinajstić information content (AvgIpc) is 2.15. The number of carboxylic acid groups (broad SMARTS) is 1. The molecule has 0 unspecified atom stereocenters. The molecule has 52 valence electrons. The summed E-state index contributed by atoms with van der Waals surface area (Å²) in [5.41, 5.74) is 0. The summed E-state index contributed by atoms with van der Waals surface area (Å²) in [6.07, 6.45) is -0.764. The molecule has 4 heteroatoms. The van der Waals surface area contributed by atoms with Gasteiger partial charge in [-0.3, -0.25) is 0 Å². The Balaban J connectivity index is 2.19. The van der Waals surface area contributed by atoms with Gasteiger partial charge in [-0.1, -0.05) is 0 Å². The van der Waals surface area contributed by atoms with Gasteiger partial charge >= 0.3 is 6.16 Å². The lowest BCUT2D eigenvalue weighted by atomic mass is 10.3. The van der Waals surface area contributed by atoms with Crippen molar-refractivity contribution in [3.63, 3.8) is 0 Å². The van der Waals surface area contributed by atoms with E-state index in [1.807, 2.05) is 0 Å². The van der Waals surface area contributed by atoms with E-state index in [0.717, 1.165) is 0 Å². The molecule has 0 radical (unpaired) electrons. The molecule has 1 atom stereocenters. The summed E-state index contributed by atoms with van der Waals surface area (Å²) in [7, 11) is 0. The van der Waals surface area contributed by atoms with Crippen molar-refractivity contribution in [1.29, 1.82) is 0 Å². The van der Waals surface area contributed by atoms with Crippen molar-refractivity contribution in [1.82, 2.24) is 0 Å². The van der Waals surface area contributed by atoms with Gasteiger partial charge in [0.05, 0.1) is 13.2 Å². The van der Waals surface area contributed by atoms with E-state index in [4.69, 9.17) is 9.84 Å². The highest BCUT2D eigenvalue weighted by atomic mass is 16.7. The van der Waals surface area contributed by atoms with Crippen molar-refractivity contribution < 1.29 is 19.4 Å². The summed E-state index contributed by atoms with van der Waals surface area (Å²) in [5, 5.41) is 8.10. The van der Waals surface area contributed by atoms with Crippen molar-refractivity contribution in [2.75, 3.05) is 13.2 Å². The molecule has 1 saturated heterocycles. The van der Waals surface area contributed by atoms with E-state index in [-0.39, 0.29) is 6.10 Å². The second-order valence-corrected chi connectivity index (χ2v) is 1.87. The van der Waals surface area contributed by atoms with Crippen molar-refractivity contribution in [2.24, 2.45) is 0 Å². The highest BCUT2D eigenvalue weighted by molar-refractivity contribution is 5.57. The lowest BCUT2D eigenvalue weighted by Crippen LogP contribution is -2.15. The van der Waals surface area contributed by atoms with E-state index >= 15 is 0 Å². The Morgan fingerprint density at radius 3 is 3.00 bits per heavy atom. The van der Waals surface area contributed by atoms with E-state index in [9.17, 15) is 4.79 Å². The Kier molecular flexibility index (Phi) is 1.89. The molecule has 0 amide bonds. The second kappa shape index (κ2) is 2.68. The third-order valence-corrected chi connectivity index (χ3v) is 1.16. The molecule has 0 bridgehead atoms. The van der Waals surface area contributed by atoms with Gasteiger partial charge in [0.15, 0.2) is 0 Å². The van der Waals surface area contributed by atoms with E-state index in [1.165, 1.54) is 0 Å². The van der Waals surface area contributed by atoms with Crippen LogP contribution in [0.5, 0.6) is 0 Å². The number of carbonyl (C=O) groups is 1. The van der Waals surface area contributed by atoms with Crippen LogP contribution in [0, 0.1) is 0 Å². The second-order valence-electron chi connectivity index (χ2n) is 1.87. The molecule has 1 rings (SSSR count). The molecular weight excluding hydrogens is 124 g/mol. The van der Waals surface area contributed by atoms with Gasteiger partial charge in [0.2, 0.25) is 0 Å². The fourth-order valence-electron chi connectivity index (χ4n) is 0.748. The fraction of sp³-hybridized carbons (Fsp3) is 0.800. The van der Waals surface area contributed by atoms with Gasteiger partial charge in [-0.15, -0.1) is 0 Å². The van der Waals surface area contributed by atoms with E-state index in [0.29, 0.717) is 19.6 Å². The first-order valence-electron chi connectivity index (χ1n) is 2.76. The van der Waals surface area contributed by atoms with E-state index < -0.39 is 6.16 Å². The van der Waals surface area contributed by atoms with E-state index in [1.54, 1.807) is 0 Å². The summed E-state index contributed by atoms with van der Waals surface area (Å²) in [4.78, 5) is 9.88. The molecule has 0 aromatic rings. The third kappa shape index (κ3) is 1.89. The fourth-order valence-corrected chi connectivity index (χ4v) is 0.748. The maximum atomic E-state index is 9.88. The minimum absolute atomic E-state index is 0.234. The van der Waals surface area contributed by atoms with Gasteiger partial charge in [0.1, 0.15) is 6.10 Å². The summed E-state index contributed by atoms with van der Waals surface area (Å²) in [6.45, 7) is 1.02. The highest BCUT2D eigenvalue weighted by Gasteiger charge is 2.18. The molecule has 9 heavy (non-hydrogen) atoms. The Labute approximate surface area is 52.4 Å². The zero-order valence-corrected chi connectivity index (χ0v) is 4.87. The quantitative estimate of drug-likeness (QED) is 0.527. The lowest BCUT2D eigenvalue weighted by molar-refractivity contribution is 0.0449. The minimum Gasteiger partial charge on any atom is -0.450 e. The van der Waals surface area contributed by atoms with Gasteiger partial charge in [-0.2, -0.15) is 0 Å². The van der Waals surface area contributed by atoms with E-state index in [2.05, 4.69) is 4.74 Å². The first-order valence-corrected chi connectivity index (χ1v) is 2.76. The highest BCUT2D eigenvalue weighted by Crippen LogP contribution is 2.07. The Morgan fingerprint density at radius 2 is 2.56 bits per heavy atom. The van der Waals surface area contributed by atoms with Crippen LogP contribution in [0.2, 0.25) is 0 Å². The summed E-state index contributed by atoms with van der Waals surface area (Å²) < 4.78 is 9.27. The molecule has 1 fully saturated rings. The molecule has 4 nitrogen and oxygen atoms in total. The summed E-state index contributed by atoms with van der Waals surface area (Å²) in [6, 6.07) is 0. The van der Waals surface area contributed by atoms with Crippen LogP contribution in [-0.2, 0) is 9.47 Å². The summed E-state index contributed by atoms with van der Waals surface area (Å²) in [5.74, 6) is 0. The molecule has 0 aromatic carbocycles. The average molecular weight is 132 g/mol. The van der Waals surface area contributed by atoms with Gasteiger partial charge in [-0.25, -0.2) is 4.79 Å². The third-order valence-electron chi connectivity index (χ3n) is 1.16. The predicted molar refractivity (Wildman–Crippen MR) is 28.3 cm³/mol. The van der Waals surface area contributed by atoms with Gasteiger partial charge < -0.3 is 14.6 Å². The molecule has 0 spiro atoms. The van der Waals surface area contributed by atoms with Crippen LogP contribution in [0.1, 0.15) is 6.42 Å². The van der Waals surface area contributed by atoms with Crippen LogP contribution in [0.3, 0.4) is 0 Å². The standard InChI is InChI=1S/C5H8O4/c6-5(7)9-4-1-2-8-3-4/h4H,1-3H2,(H,6,7)/t4-/m0/s1. The smallest absolute Gasteiger partial charge is 0.450 e. The van der Waals surface area contributed by atoms with Crippen molar-refractivity contribution in [3.8, 4) is 0 Å². The van der Waals surface area contributed by atoms with Gasteiger partial charge in [-0.05, 0) is 0 Å². The number of hydrogen-bond acceptors (Lipinski definition) is 3. The maximum absolute atomic E-state index is 9.88. The lowest BCUT2D eigenvalue weighted by Gasteiger charge is -2.03. The first-order chi connectivity index (χ1) is 4.29. The van der Waals surface area contributed by atoms with Crippen molar-refractivity contribution in [3.05, 3.63) is 0 Å². The molecule has 0 aliphatic carbocycles. The maximum Gasteiger partial charge on any atom is 0.506 e. The predicted octanol–water partition coefficient (Wildman–Crippen LogP) is 0.470.